The standard InChI is InChI=1S/C31H35N3O4/c1-37-20-10-18-33(31(36)24-38-27-13-6-3-7-14-27)23-30(35)34(22-25-11-4-2-5-12-25)19-17-26-21-32-29-16-9-8-15-28(26)29/h2-9,11-16,21,32H,10,17-20,22-24H2,1H3. The average Bonchev–Trinajstić information content (AvgIpc) is 3.37. The van der Waals surface area contributed by atoms with Gasteiger partial charge >= 0.3 is 0 Å². The molecule has 0 saturated carbocycles. The number of carbonyl (C=O) groups excluding carboxylic acids is 2. The summed E-state index contributed by atoms with van der Waals surface area (Å²) in [6, 6.07) is 27.3. The molecule has 1 aromatic heterocycles. The number of nitrogens with zero attached hydrogens (tertiary/aromatic N) is 2. The molecule has 1 N–H and O–H groups in total. The molecule has 0 aliphatic carbocycles. The fourth-order valence-corrected chi connectivity index (χ4v) is 4.40. The number of amides is 2. The molecule has 2 amide bonds. The van der Waals surface area contributed by atoms with Crippen LogP contribution in [0.3, 0.4) is 0 Å². The largest absolute Gasteiger partial charge is 0.484 e. The van der Waals surface area contributed by atoms with Crippen molar-refractivity contribution in [1.29, 1.82) is 0 Å². The third-order valence-electron chi connectivity index (χ3n) is 6.46. The molecule has 4 rings (SSSR count). The first-order valence-corrected chi connectivity index (χ1v) is 13.0. The van der Waals surface area contributed by atoms with Gasteiger partial charge in [0.05, 0.1) is 6.54 Å². The molecule has 0 saturated heterocycles. The smallest absolute Gasteiger partial charge is 0.260 e. The fraction of sp³-hybridized carbons (Fsp3) is 0.290. The van der Waals surface area contributed by atoms with Gasteiger partial charge in [0.2, 0.25) is 5.91 Å². The average molecular weight is 514 g/mol. The quantitative estimate of drug-likeness (QED) is 0.249. The highest BCUT2D eigenvalue weighted by Gasteiger charge is 2.22. The van der Waals surface area contributed by atoms with Crippen LogP contribution in [0.5, 0.6) is 5.75 Å². The van der Waals surface area contributed by atoms with Crippen molar-refractivity contribution in [3.8, 4) is 5.75 Å². The number of H-pyrrole nitrogens is 1. The molecule has 0 radical (unpaired) electrons. The summed E-state index contributed by atoms with van der Waals surface area (Å²) in [4.78, 5) is 33.5. The Kier molecular flexibility index (Phi) is 9.93. The molecule has 3 aromatic carbocycles. The van der Waals surface area contributed by atoms with Crippen LogP contribution in [0, 0.1) is 0 Å². The first kappa shape index (κ1) is 26.9. The van der Waals surface area contributed by atoms with Crippen molar-refractivity contribution < 1.29 is 19.1 Å². The van der Waals surface area contributed by atoms with Crippen LogP contribution in [0.25, 0.3) is 10.9 Å². The second-order valence-corrected chi connectivity index (χ2v) is 9.17. The van der Waals surface area contributed by atoms with E-state index in [9.17, 15) is 9.59 Å². The predicted molar refractivity (Wildman–Crippen MR) is 149 cm³/mol. The van der Waals surface area contributed by atoms with Crippen molar-refractivity contribution in [3.63, 3.8) is 0 Å². The van der Waals surface area contributed by atoms with Gasteiger partial charge in [0.1, 0.15) is 5.75 Å². The number of para-hydroxylation sites is 2. The zero-order valence-electron chi connectivity index (χ0n) is 21.8. The third kappa shape index (κ3) is 7.70. The third-order valence-corrected chi connectivity index (χ3v) is 6.46. The van der Waals surface area contributed by atoms with E-state index in [1.54, 1.807) is 24.1 Å². The number of ether oxygens (including phenoxy) is 2. The van der Waals surface area contributed by atoms with E-state index in [-0.39, 0.29) is 25.0 Å². The Hall–Kier alpha value is -4.10. The number of nitrogens with one attached hydrogen (secondary N) is 1. The van der Waals surface area contributed by atoms with Crippen LogP contribution in [-0.4, -0.2) is 66.6 Å². The van der Waals surface area contributed by atoms with Crippen LogP contribution >= 0.6 is 0 Å². The SMILES string of the molecule is COCCCN(CC(=O)N(CCc1c[nH]c2ccccc12)Cc1ccccc1)C(=O)COc1ccccc1. The van der Waals surface area contributed by atoms with E-state index < -0.39 is 0 Å². The van der Waals surface area contributed by atoms with Crippen molar-refractivity contribution >= 4 is 22.7 Å². The first-order chi connectivity index (χ1) is 18.6. The molecule has 0 atom stereocenters. The summed E-state index contributed by atoms with van der Waals surface area (Å²) in [5.41, 5.74) is 3.29. The highest BCUT2D eigenvalue weighted by Crippen LogP contribution is 2.19. The van der Waals surface area contributed by atoms with E-state index in [4.69, 9.17) is 9.47 Å². The molecule has 0 aliphatic heterocycles. The number of rotatable bonds is 14. The van der Waals surface area contributed by atoms with E-state index in [0.29, 0.717) is 44.8 Å². The Morgan fingerprint density at radius 2 is 1.53 bits per heavy atom. The number of hydrogen-bond acceptors (Lipinski definition) is 4. The monoisotopic (exact) mass is 513 g/mol. The molecular weight excluding hydrogens is 478 g/mol. The lowest BCUT2D eigenvalue weighted by atomic mass is 10.1. The number of hydrogen-bond donors (Lipinski definition) is 1. The molecular formula is C31H35N3O4. The minimum absolute atomic E-state index is 0.0125. The number of aromatic nitrogens is 1. The molecule has 7 heteroatoms. The summed E-state index contributed by atoms with van der Waals surface area (Å²) in [5.74, 6) is 0.294. The van der Waals surface area contributed by atoms with Crippen molar-refractivity contribution in [2.75, 3.05) is 40.0 Å². The Balaban J connectivity index is 1.46. The number of fused-ring (bicyclic) bond motifs is 1. The van der Waals surface area contributed by atoms with Gasteiger partial charge in [0.15, 0.2) is 6.61 Å². The topological polar surface area (TPSA) is 74.9 Å². The molecule has 0 unspecified atom stereocenters. The number of benzene rings is 3. The van der Waals surface area contributed by atoms with Gasteiger partial charge in [-0.25, -0.2) is 0 Å². The number of aromatic amines is 1. The van der Waals surface area contributed by atoms with Crippen LogP contribution in [-0.2, 0) is 27.3 Å². The lowest BCUT2D eigenvalue weighted by Crippen LogP contribution is -2.45. The predicted octanol–water partition coefficient (Wildman–Crippen LogP) is 4.68. The van der Waals surface area contributed by atoms with Crippen molar-refractivity contribution in [2.24, 2.45) is 0 Å². The van der Waals surface area contributed by atoms with Crippen LogP contribution in [0.4, 0.5) is 0 Å². The molecule has 1 heterocycles. The molecule has 0 bridgehead atoms. The maximum atomic E-state index is 13.6. The molecule has 38 heavy (non-hydrogen) atoms. The normalized spacial score (nSPS) is 10.9. The van der Waals surface area contributed by atoms with Gasteiger partial charge in [0.25, 0.3) is 5.91 Å². The highest BCUT2D eigenvalue weighted by molar-refractivity contribution is 5.86. The second kappa shape index (κ2) is 14.0. The van der Waals surface area contributed by atoms with E-state index >= 15 is 0 Å². The summed E-state index contributed by atoms with van der Waals surface area (Å²) >= 11 is 0. The minimum atomic E-state index is -0.227. The summed E-state index contributed by atoms with van der Waals surface area (Å²) in [7, 11) is 1.63. The molecule has 7 nitrogen and oxygen atoms in total. The van der Waals surface area contributed by atoms with Gasteiger partial charge in [-0.3, -0.25) is 9.59 Å². The first-order valence-electron chi connectivity index (χ1n) is 13.0. The van der Waals surface area contributed by atoms with Crippen LogP contribution in [0.2, 0.25) is 0 Å². The van der Waals surface area contributed by atoms with Crippen molar-refractivity contribution in [3.05, 3.63) is 102 Å². The lowest BCUT2D eigenvalue weighted by molar-refractivity contribution is -0.142. The Morgan fingerprint density at radius 1 is 0.816 bits per heavy atom. The van der Waals surface area contributed by atoms with Crippen LogP contribution in [0.15, 0.2) is 91.1 Å². The van der Waals surface area contributed by atoms with Gasteiger partial charge in [-0.05, 0) is 42.2 Å². The van der Waals surface area contributed by atoms with Gasteiger partial charge in [-0.2, -0.15) is 0 Å². The maximum absolute atomic E-state index is 13.6. The summed E-state index contributed by atoms with van der Waals surface area (Å²) in [6.07, 6.45) is 3.35. The van der Waals surface area contributed by atoms with Gasteiger partial charge in [0, 0.05) is 50.5 Å². The van der Waals surface area contributed by atoms with Gasteiger partial charge < -0.3 is 24.3 Å². The highest BCUT2D eigenvalue weighted by atomic mass is 16.5. The molecule has 0 spiro atoms. The van der Waals surface area contributed by atoms with Crippen molar-refractivity contribution in [2.45, 2.75) is 19.4 Å². The molecule has 4 aromatic rings. The second-order valence-electron chi connectivity index (χ2n) is 9.17. The Morgan fingerprint density at radius 3 is 2.29 bits per heavy atom. The van der Waals surface area contributed by atoms with Crippen molar-refractivity contribution in [1.82, 2.24) is 14.8 Å². The zero-order chi connectivity index (χ0) is 26.6. The zero-order valence-corrected chi connectivity index (χ0v) is 21.8. The Labute approximate surface area is 224 Å². The Bertz CT molecular complexity index is 1290. The summed E-state index contributed by atoms with van der Waals surface area (Å²) in [6.45, 7) is 1.79. The summed E-state index contributed by atoms with van der Waals surface area (Å²) in [5, 5.41) is 1.16. The lowest BCUT2D eigenvalue weighted by Gasteiger charge is -2.28. The minimum Gasteiger partial charge on any atom is -0.484 e. The van der Waals surface area contributed by atoms with Crippen LogP contribution < -0.4 is 4.74 Å². The molecule has 0 aliphatic rings. The number of carbonyl (C=O) groups is 2. The summed E-state index contributed by atoms with van der Waals surface area (Å²) < 4.78 is 10.9. The molecule has 198 valence electrons. The van der Waals surface area contributed by atoms with Gasteiger partial charge in [-0.15, -0.1) is 0 Å². The number of methoxy groups -OCH3 is 1. The van der Waals surface area contributed by atoms with E-state index in [1.165, 1.54) is 0 Å². The maximum Gasteiger partial charge on any atom is 0.260 e. The van der Waals surface area contributed by atoms with Crippen LogP contribution in [0.1, 0.15) is 17.5 Å². The fourth-order valence-electron chi connectivity index (χ4n) is 4.40. The van der Waals surface area contributed by atoms with E-state index in [0.717, 1.165) is 22.0 Å². The van der Waals surface area contributed by atoms with E-state index in [2.05, 4.69) is 11.1 Å². The van der Waals surface area contributed by atoms with Gasteiger partial charge in [-0.1, -0.05) is 66.7 Å². The van der Waals surface area contributed by atoms with E-state index in [1.807, 2.05) is 77.8 Å². The molecule has 0 fully saturated rings.